The number of aliphatic carboxylic acids is 1. The standard InChI is InChI=1S/C22H24N4O2/c1-2-15-11-16(14-26-9-3-4-10-26)13-18(12-15)20(22(27)28)25-19-7-5-17(6-8-19)21(23)24/h1,5-8,11-13,20,25H,3-4,9-10,14H2,(H3,23,24)(H,27,28). The van der Waals surface area contributed by atoms with Crippen LogP contribution in [0.5, 0.6) is 0 Å². The van der Waals surface area contributed by atoms with Gasteiger partial charge < -0.3 is 16.2 Å². The molecule has 2 aromatic rings. The van der Waals surface area contributed by atoms with E-state index in [4.69, 9.17) is 17.6 Å². The summed E-state index contributed by atoms with van der Waals surface area (Å²) in [5.41, 5.74) is 8.99. The molecule has 0 aromatic heterocycles. The summed E-state index contributed by atoms with van der Waals surface area (Å²) < 4.78 is 0. The molecule has 5 N–H and O–H groups in total. The normalized spacial score (nSPS) is 15.0. The number of carbonyl (C=O) groups is 1. The average molecular weight is 376 g/mol. The first-order chi connectivity index (χ1) is 13.5. The number of nitrogens with one attached hydrogen (secondary N) is 2. The fraction of sp³-hybridized carbons (Fsp3) is 0.273. The van der Waals surface area contributed by atoms with Gasteiger partial charge >= 0.3 is 5.97 Å². The van der Waals surface area contributed by atoms with Crippen LogP contribution in [-0.2, 0) is 11.3 Å². The number of hydrogen-bond acceptors (Lipinski definition) is 4. The Kier molecular flexibility index (Phi) is 5.97. The summed E-state index contributed by atoms with van der Waals surface area (Å²) in [4.78, 5) is 14.3. The maximum Gasteiger partial charge on any atom is 0.330 e. The van der Waals surface area contributed by atoms with E-state index in [9.17, 15) is 9.90 Å². The van der Waals surface area contributed by atoms with Crippen LogP contribution in [0.4, 0.5) is 5.69 Å². The molecule has 1 aliphatic rings. The van der Waals surface area contributed by atoms with Crippen LogP contribution in [0.25, 0.3) is 0 Å². The minimum atomic E-state index is -0.989. The maximum atomic E-state index is 12.0. The minimum absolute atomic E-state index is 0.0328. The van der Waals surface area contributed by atoms with Crippen molar-refractivity contribution in [2.45, 2.75) is 25.4 Å². The van der Waals surface area contributed by atoms with Gasteiger partial charge in [0, 0.05) is 23.4 Å². The average Bonchev–Trinajstić information content (AvgIpc) is 3.18. The molecule has 1 unspecified atom stereocenters. The molecular weight excluding hydrogens is 352 g/mol. The van der Waals surface area contributed by atoms with Gasteiger partial charge in [-0.05, 0) is 73.5 Å². The lowest BCUT2D eigenvalue weighted by Crippen LogP contribution is -2.22. The van der Waals surface area contributed by atoms with Crippen LogP contribution in [0, 0.1) is 17.8 Å². The Morgan fingerprint density at radius 3 is 2.50 bits per heavy atom. The molecule has 0 amide bonds. The van der Waals surface area contributed by atoms with Crippen molar-refractivity contribution in [3.8, 4) is 12.3 Å². The number of amidine groups is 1. The lowest BCUT2D eigenvalue weighted by Gasteiger charge is -2.20. The smallest absolute Gasteiger partial charge is 0.330 e. The van der Waals surface area contributed by atoms with Gasteiger partial charge in [-0.15, -0.1) is 6.42 Å². The van der Waals surface area contributed by atoms with Crippen molar-refractivity contribution in [2.24, 2.45) is 5.73 Å². The molecule has 2 aromatic carbocycles. The summed E-state index contributed by atoms with van der Waals surface area (Å²) in [5, 5.41) is 20.3. The molecule has 3 rings (SSSR count). The number of terminal acetylenes is 1. The van der Waals surface area contributed by atoms with Crippen molar-refractivity contribution in [2.75, 3.05) is 18.4 Å². The first-order valence-corrected chi connectivity index (χ1v) is 9.23. The SMILES string of the molecule is C#Cc1cc(CN2CCCC2)cc(C(Nc2ccc(C(=N)N)cc2)C(=O)O)c1. The number of anilines is 1. The van der Waals surface area contributed by atoms with Gasteiger partial charge in [-0.1, -0.05) is 12.0 Å². The molecule has 144 valence electrons. The molecule has 0 aliphatic carbocycles. The molecular formula is C22H24N4O2. The Morgan fingerprint density at radius 1 is 1.25 bits per heavy atom. The topological polar surface area (TPSA) is 102 Å². The number of nitrogen functional groups attached to an aromatic ring is 1. The summed E-state index contributed by atoms with van der Waals surface area (Å²) in [5.74, 6) is 1.61. The minimum Gasteiger partial charge on any atom is -0.479 e. The zero-order chi connectivity index (χ0) is 20.1. The lowest BCUT2D eigenvalue weighted by molar-refractivity contribution is -0.138. The van der Waals surface area contributed by atoms with Gasteiger partial charge in [0.1, 0.15) is 5.84 Å². The molecule has 0 spiro atoms. The van der Waals surface area contributed by atoms with E-state index in [-0.39, 0.29) is 5.84 Å². The van der Waals surface area contributed by atoms with Crippen molar-refractivity contribution < 1.29 is 9.90 Å². The summed E-state index contributed by atoms with van der Waals surface area (Å²) in [7, 11) is 0. The molecule has 1 heterocycles. The van der Waals surface area contributed by atoms with E-state index >= 15 is 0 Å². The first kappa shape index (κ1) is 19.5. The van der Waals surface area contributed by atoms with Gasteiger partial charge in [-0.3, -0.25) is 10.3 Å². The van der Waals surface area contributed by atoms with E-state index in [0.717, 1.165) is 25.2 Å². The summed E-state index contributed by atoms with van der Waals surface area (Å²) in [6.07, 6.45) is 7.99. The predicted molar refractivity (Wildman–Crippen MR) is 110 cm³/mol. The number of benzene rings is 2. The second-order valence-electron chi connectivity index (χ2n) is 7.00. The molecule has 1 atom stereocenters. The third-order valence-electron chi connectivity index (χ3n) is 4.87. The molecule has 6 nitrogen and oxygen atoms in total. The van der Waals surface area contributed by atoms with Gasteiger partial charge in [0.2, 0.25) is 0 Å². The van der Waals surface area contributed by atoms with Crippen molar-refractivity contribution in [3.05, 3.63) is 64.7 Å². The Labute approximate surface area is 164 Å². The molecule has 0 saturated carbocycles. The van der Waals surface area contributed by atoms with E-state index in [1.54, 1.807) is 30.3 Å². The van der Waals surface area contributed by atoms with E-state index in [2.05, 4.69) is 16.1 Å². The van der Waals surface area contributed by atoms with Crippen LogP contribution < -0.4 is 11.1 Å². The molecule has 0 bridgehead atoms. The quantitative estimate of drug-likeness (QED) is 0.338. The predicted octanol–water partition coefficient (Wildman–Crippen LogP) is 2.79. The van der Waals surface area contributed by atoms with Crippen LogP contribution in [0.3, 0.4) is 0 Å². The van der Waals surface area contributed by atoms with Crippen LogP contribution in [0.1, 0.15) is 41.1 Å². The number of rotatable bonds is 7. The maximum absolute atomic E-state index is 12.0. The van der Waals surface area contributed by atoms with Crippen molar-refractivity contribution in [1.29, 1.82) is 5.41 Å². The van der Waals surface area contributed by atoms with Crippen molar-refractivity contribution in [1.82, 2.24) is 4.90 Å². The van der Waals surface area contributed by atoms with Gasteiger partial charge in [0.25, 0.3) is 0 Å². The second kappa shape index (κ2) is 8.59. The zero-order valence-corrected chi connectivity index (χ0v) is 15.6. The van der Waals surface area contributed by atoms with E-state index in [1.807, 2.05) is 12.1 Å². The molecule has 6 heteroatoms. The highest BCUT2D eigenvalue weighted by Crippen LogP contribution is 2.24. The van der Waals surface area contributed by atoms with Gasteiger partial charge in [0.15, 0.2) is 6.04 Å². The van der Waals surface area contributed by atoms with Gasteiger partial charge in [-0.2, -0.15) is 0 Å². The summed E-state index contributed by atoms with van der Waals surface area (Å²) in [6, 6.07) is 11.4. The molecule has 1 saturated heterocycles. The van der Waals surface area contributed by atoms with Gasteiger partial charge in [0.05, 0.1) is 0 Å². The molecule has 1 fully saturated rings. The van der Waals surface area contributed by atoms with Crippen LogP contribution >= 0.6 is 0 Å². The Balaban J connectivity index is 1.86. The number of hydrogen-bond donors (Lipinski definition) is 4. The zero-order valence-electron chi connectivity index (χ0n) is 15.6. The van der Waals surface area contributed by atoms with E-state index in [1.165, 1.54) is 12.8 Å². The fourth-order valence-corrected chi connectivity index (χ4v) is 3.46. The Hall–Kier alpha value is -3.30. The number of carboxylic acids is 1. The lowest BCUT2D eigenvalue weighted by atomic mass is 9.99. The summed E-state index contributed by atoms with van der Waals surface area (Å²) in [6.45, 7) is 2.87. The van der Waals surface area contributed by atoms with Crippen LogP contribution in [-0.4, -0.2) is 34.9 Å². The van der Waals surface area contributed by atoms with E-state index in [0.29, 0.717) is 22.4 Å². The van der Waals surface area contributed by atoms with Crippen molar-refractivity contribution in [3.63, 3.8) is 0 Å². The molecule has 1 aliphatic heterocycles. The van der Waals surface area contributed by atoms with E-state index < -0.39 is 12.0 Å². The largest absolute Gasteiger partial charge is 0.479 e. The van der Waals surface area contributed by atoms with Crippen LogP contribution in [0.2, 0.25) is 0 Å². The number of likely N-dealkylation sites (tertiary alicyclic amines) is 1. The van der Waals surface area contributed by atoms with Crippen molar-refractivity contribution >= 4 is 17.5 Å². The highest BCUT2D eigenvalue weighted by Gasteiger charge is 2.21. The third-order valence-corrected chi connectivity index (χ3v) is 4.87. The Morgan fingerprint density at radius 2 is 1.93 bits per heavy atom. The number of carboxylic acid groups (broad SMARTS) is 1. The first-order valence-electron chi connectivity index (χ1n) is 9.23. The van der Waals surface area contributed by atoms with Gasteiger partial charge in [-0.25, -0.2) is 4.79 Å². The monoisotopic (exact) mass is 376 g/mol. The third kappa shape index (κ3) is 4.70. The molecule has 0 radical (unpaired) electrons. The highest BCUT2D eigenvalue weighted by molar-refractivity contribution is 5.95. The second-order valence-corrected chi connectivity index (χ2v) is 7.00. The highest BCUT2D eigenvalue weighted by atomic mass is 16.4. The van der Waals surface area contributed by atoms with Crippen LogP contribution in [0.15, 0.2) is 42.5 Å². The Bertz CT molecular complexity index is 909. The number of nitrogens with zero attached hydrogens (tertiary/aromatic N) is 1. The number of nitrogens with two attached hydrogens (primary N) is 1. The fourth-order valence-electron chi connectivity index (χ4n) is 3.46. The summed E-state index contributed by atoms with van der Waals surface area (Å²) >= 11 is 0. The molecule has 28 heavy (non-hydrogen) atoms.